The first kappa shape index (κ1) is 18.7. The van der Waals surface area contributed by atoms with Gasteiger partial charge in [-0.05, 0) is 47.4 Å². The molecule has 0 radical (unpaired) electrons. The van der Waals surface area contributed by atoms with Crippen LogP contribution in [0.3, 0.4) is 0 Å². The molecule has 0 aliphatic rings. The highest BCUT2D eigenvalue weighted by atomic mass is 16.4. The summed E-state index contributed by atoms with van der Waals surface area (Å²) in [4.78, 5) is 18.2. The molecule has 0 spiro atoms. The molecule has 0 saturated carbocycles. The number of carbonyl (C=O) groups excluding carboxylic acids is 1. The van der Waals surface area contributed by atoms with E-state index in [0.717, 1.165) is 16.8 Å². The van der Waals surface area contributed by atoms with Gasteiger partial charge >= 0.3 is 0 Å². The average molecular weight is 363 g/mol. The van der Waals surface area contributed by atoms with E-state index in [1.54, 1.807) is 0 Å². The number of benzene rings is 2. The molecule has 1 heterocycles. The van der Waals surface area contributed by atoms with Crippen LogP contribution >= 0.6 is 0 Å². The lowest BCUT2D eigenvalue weighted by atomic mass is 9.87. The van der Waals surface area contributed by atoms with Crippen molar-refractivity contribution in [1.29, 1.82) is 0 Å². The third-order valence-electron chi connectivity index (χ3n) is 4.50. The summed E-state index contributed by atoms with van der Waals surface area (Å²) in [5.74, 6) is 0.168. The van der Waals surface area contributed by atoms with Crippen molar-refractivity contribution in [2.24, 2.45) is 5.73 Å². The van der Waals surface area contributed by atoms with E-state index in [1.807, 2.05) is 55.4 Å². The predicted molar refractivity (Wildman–Crippen MR) is 109 cm³/mol. The molecular weight excluding hydrogens is 338 g/mol. The highest BCUT2D eigenvalue weighted by molar-refractivity contribution is 5.97. The van der Waals surface area contributed by atoms with E-state index in [0.29, 0.717) is 11.7 Å². The molecule has 0 bridgehead atoms. The largest absolute Gasteiger partial charge is 0.435 e. The summed E-state index contributed by atoms with van der Waals surface area (Å²) in [6.45, 7) is 6.48. The van der Waals surface area contributed by atoms with Gasteiger partial charge in [0, 0.05) is 30.9 Å². The molecule has 3 rings (SSSR count). The number of primary amides is 1. The molecule has 2 aromatic carbocycles. The minimum Gasteiger partial charge on any atom is -0.435 e. The van der Waals surface area contributed by atoms with Gasteiger partial charge in [-0.3, -0.25) is 4.79 Å². The number of aromatic nitrogens is 1. The quantitative estimate of drug-likeness (QED) is 0.742. The molecule has 1 amide bonds. The normalized spacial score (nSPS) is 11.4. The van der Waals surface area contributed by atoms with E-state index in [2.05, 4.69) is 37.9 Å². The van der Waals surface area contributed by atoms with Crippen molar-refractivity contribution in [2.45, 2.75) is 26.2 Å². The Morgan fingerprint density at radius 1 is 0.963 bits per heavy atom. The van der Waals surface area contributed by atoms with Crippen LogP contribution in [0.5, 0.6) is 0 Å². The number of rotatable bonds is 4. The Bertz CT molecular complexity index is 947. The average Bonchev–Trinajstić information content (AvgIpc) is 3.07. The molecule has 1 aromatic heterocycles. The summed E-state index contributed by atoms with van der Waals surface area (Å²) in [5, 5.41) is 0. The topological polar surface area (TPSA) is 72.4 Å². The number of hydrogen-bond donors (Lipinski definition) is 1. The molecule has 5 nitrogen and oxygen atoms in total. The summed E-state index contributed by atoms with van der Waals surface area (Å²) in [7, 11) is 3.94. The number of nitrogens with zero attached hydrogens (tertiary/aromatic N) is 2. The Morgan fingerprint density at radius 3 is 2.00 bits per heavy atom. The van der Waals surface area contributed by atoms with Crippen LogP contribution in [-0.4, -0.2) is 25.0 Å². The monoisotopic (exact) mass is 363 g/mol. The molecule has 5 heteroatoms. The molecule has 3 aromatic rings. The first-order chi connectivity index (χ1) is 12.7. The lowest BCUT2D eigenvalue weighted by molar-refractivity contribution is 0.0996. The van der Waals surface area contributed by atoms with Crippen molar-refractivity contribution in [2.75, 3.05) is 19.0 Å². The van der Waals surface area contributed by atoms with E-state index in [9.17, 15) is 4.79 Å². The van der Waals surface area contributed by atoms with Crippen LogP contribution in [0.25, 0.3) is 22.8 Å². The maximum absolute atomic E-state index is 11.9. The van der Waals surface area contributed by atoms with Crippen LogP contribution in [-0.2, 0) is 5.41 Å². The van der Waals surface area contributed by atoms with Gasteiger partial charge in [-0.2, -0.15) is 0 Å². The second-order valence-electron chi connectivity index (χ2n) is 7.83. The van der Waals surface area contributed by atoms with E-state index < -0.39 is 5.91 Å². The summed E-state index contributed by atoms with van der Waals surface area (Å²) in [6.07, 6.45) is 0. The number of nitrogens with two attached hydrogens (primary N) is 1. The van der Waals surface area contributed by atoms with Crippen LogP contribution in [0.2, 0.25) is 0 Å². The van der Waals surface area contributed by atoms with Gasteiger partial charge in [0.1, 0.15) is 0 Å². The number of hydrogen-bond acceptors (Lipinski definition) is 4. The molecular formula is C22H25N3O2. The van der Waals surface area contributed by atoms with Gasteiger partial charge in [-0.1, -0.05) is 32.9 Å². The first-order valence-corrected chi connectivity index (χ1v) is 8.86. The van der Waals surface area contributed by atoms with Gasteiger partial charge in [0.15, 0.2) is 11.5 Å². The minimum absolute atomic E-state index is 0.0624. The highest BCUT2D eigenvalue weighted by Gasteiger charge is 2.21. The Labute approximate surface area is 159 Å². The van der Waals surface area contributed by atoms with Crippen LogP contribution in [0, 0.1) is 0 Å². The zero-order valence-electron chi connectivity index (χ0n) is 16.4. The van der Waals surface area contributed by atoms with Crippen molar-refractivity contribution < 1.29 is 9.21 Å². The Morgan fingerprint density at radius 2 is 1.52 bits per heavy atom. The lowest BCUT2D eigenvalue weighted by Gasteiger charge is -2.18. The summed E-state index contributed by atoms with van der Waals surface area (Å²) < 4.78 is 5.95. The maximum atomic E-state index is 11.9. The van der Waals surface area contributed by atoms with Crippen LogP contribution < -0.4 is 10.6 Å². The van der Waals surface area contributed by atoms with Gasteiger partial charge in [0.25, 0.3) is 5.91 Å². The molecule has 0 aliphatic carbocycles. The second kappa shape index (κ2) is 6.91. The van der Waals surface area contributed by atoms with E-state index in [-0.39, 0.29) is 11.1 Å². The fourth-order valence-electron chi connectivity index (χ4n) is 2.83. The maximum Gasteiger partial charge on any atom is 0.271 e. The van der Waals surface area contributed by atoms with E-state index >= 15 is 0 Å². The predicted octanol–water partition coefficient (Wildman–Crippen LogP) is 4.47. The molecule has 2 N–H and O–H groups in total. The van der Waals surface area contributed by atoms with Gasteiger partial charge in [0.05, 0.1) is 0 Å². The zero-order chi connectivity index (χ0) is 19.8. The minimum atomic E-state index is -0.608. The molecule has 140 valence electrons. The summed E-state index contributed by atoms with van der Waals surface area (Å²) in [5.41, 5.74) is 9.57. The van der Waals surface area contributed by atoms with Crippen LogP contribution in [0.1, 0.15) is 36.8 Å². The number of amides is 1. The lowest BCUT2D eigenvalue weighted by Crippen LogP contribution is -2.12. The van der Waals surface area contributed by atoms with Crippen LogP contribution in [0.4, 0.5) is 5.69 Å². The van der Waals surface area contributed by atoms with Crippen molar-refractivity contribution >= 4 is 11.6 Å². The summed E-state index contributed by atoms with van der Waals surface area (Å²) in [6, 6.07) is 15.7. The third-order valence-corrected chi connectivity index (χ3v) is 4.50. The Balaban J connectivity index is 2.02. The molecule has 0 fully saturated rings. The summed E-state index contributed by atoms with van der Waals surface area (Å²) >= 11 is 0. The Hall–Kier alpha value is -3.08. The smallest absolute Gasteiger partial charge is 0.271 e. The molecule has 0 saturated heterocycles. The highest BCUT2D eigenvalue weighted by Crippen LogP contribution is 2.32. The molecule has 0 atom stereocenters. The van der Waals surface area contributed by atoms with Gasteiger partial charge < -0.3 is 15.1 Å². The molecule has 0 unspecified atom stereocenters. The fourth-order valence-corrected chi connectivity index (χ4v) is 2.83. The van der Waals surface area contributed by atoms with Gasteiger partial charge in [0.2, 0.25) is 5.89 Å². The van der Waals surface area contributed by atoms with Gasteiger partial charge in [-0.15, -0.1) is 0 Å². The molecule has 27 heavy (non-hydrogen) atoms. The molecule has 0 aliphatic heterocycles. The Kier molecular flexibility index (Phi) is 4.79. The van der Waals surface area contributed by atoms with Crippen molar-refractivity contribution in [1.82, 2.24) is 4.98 Å². The van der Waals surface area contributed by atoms with E-state index in [1.165, 1.54) is 5.56 Å². The number of carbonyl (C=O) groups is 1. The first-order valence-electron chi connectivity index (χ1n) is 8.86. The second-order valence-corrected chi connectivity index (χ2v) is 7.83. The third kappa shape index (κ3) is 3.87. The number of anilines is 1. The van der Waals surface area contributed by atoms with Crippen LogP contribution in [0.15, 0.2) is 52.9 Å². The zero-order valence-corrected chi connectivity index (χ0v) is 16.4. The van der Waals surface area contributed by atoms with Crippen molar-refractivity contribution in [3.05, 3.63) is 59.8 Å². The van der Waals surface area contributed by atoms with Gasteiger partial charge in [-0.25, -0.2) is 4.98 Å². The standard InChI is InChI=1S/C22H25N3O2/c1-22(2,3)16-10-6-15(7-11-16)21-24-18(20(23)26)19(27-21)14-8-12-17(13-9-14)25(4)5/h6-13H,1-5H3,(H2,23,26). The SMILES string of the molecule is CN(C)c1ccc(-c2oc(-c3ccc(C(C)(C)C)cc3)nc2C(N)=O)cc1. The van der Waals surface area contributed by atoms with Crippen molar-refractivity contribution in [3.63, 3.8) is 0 Å². The number of oxazole rings is 1. The fraction of sp³-hybridized carbons (Fsp3) is 0.273. The van der Waals surface area contributed by atoms with Crippen molar-refractivity contribution in [3.8, 4) is 22.8 Å². The van der Waals surface area contributed by atoms with E-state index in [4.69, 9.17) is 10.2 Å².